The number of halogens is 5. The Morgan fingerprint density at radius 1 is 0.369 bits per heavy atom. The molecule has 20 rings (SSSR count). The molecule has 0 bridgehead atoms. The number of methoxy groups -OCH3 is 1. The molecule has 8 aromatic heterocycles. The van der Waals surface area contributed by atoms with E-state index in [4.69, 9.17) is 62.7 Å². The summed E-state index contributed by atoms with van der Waals surface area (Å²) in [5.74, 6) is 3.44. The number of ether oxygens (including phenoxy) is 1. The quantitative estimate of drug-likeness (QED) is 0.0741. The average Bonchev–Trinajstić information content (AvgIpc) is 1.72. The summed E-state index contributed by atoms with van der Waals surface area (Å²) in [6, 6.07) is 61.6. The molecule has 0 saturated carbocycles. The first-order valence-corrected chi connectivity index (χ1v) is 52.6. The van der Waals surface area contributed by atoms with Crippen molar-refractivity contribution in [3.05, 3.63) is 329 Å². The molecular weight excluding hydrogens is 1970 g/mol. The Hall–Kier alpha value is -13.0. The third kappa shape index (κ3) is 25.9. The number of aliphatic carboxylic acids is 1. The van der Waals surface area contributed by atoms with E-state index in [2.05, 4.69) is 309 Å². The standard InChI is InChI=1S/C27H33N7.C25H29ClN8.C25H34N6O.C18H18Cl2N4.C18H19Cl2N3O2/c1-19-10-11-20(2)24(18-19)32-14-16-33(17-15-32)25(26-29-30-31-34(26)27(3,4)5)22-12-13-28-23-9-7-6-8-21(22)23;1-17-15-20(26)23(28-16-17)33-13-11-32(12-14-33)22(24-29-30-31-34(24)25(2,3)4)19-9-10-27-21-8-6-5-7-18(19)21;1-18-10-11-19(2)22(16-18)29-12-14-30(15-13-29)23(20-8-7-9-21(17-20)32-6)24-26-27-28-31(24)25(3,4)5;1-13-3-2-4-14(9-13)17(10-21)23-5-7-24(8-6-23)18-15(19)11-22-12-16(18)20;1-12-3-2-4-13(9-12)16(18(24)25)22-5-7-23(8-6-22)17-14(19)10-21-11-15(17)20/h6-13,18,25H,14-17H2,1-5H3;5-10,15-16,22H,11-14H2,1-4H3;7-11,16-17,23H,12-15H2,1-6H3;2-4,9,11-12,17H,5-8H2,1H3;2-4,9-11,16H,5-8H2,1H3,(H,24,25). The fourth-order valence-corrected chi connectivity index (χ4v) is 22.0. The Labute approximate surface area is 898 Å². The normalized spacial score (nSPS) is 16.4. The van der Waals surface area contributed by atoms with Crippen LogP contribution in [-0.2, 0) is 21.4 Å². The van der Waals surface area contributed by atoms with Gasteiger partial charge in [0.25, 0.3) is 0 Å². The summed E-state index contributed by atoms with van der Waals surface area (Å²) in [5, 5.41) is 63.4. The number of hydrogen-bond donors (Lipinski definition) is 1. The third-order valence-electron chi connectivity index (χ3n) is 27.9. The van der Waals surface area contributed by atoms with Crippen LogP contribution in [0.3, 0.4) is 0 Å². The number of pyridine rings is 5. The van der Waals surface area contributed by atoms with Crippen molar-refractivity contribution in [3.63, 3.8) is 0 Å². The van der Waals surface area contributed by atoms with Crippen LogP contribution in [-0.4, -0.2) is 259 Å². The van der Waals surface area contributed by atoms with E-state index in [1.807, 2.05) is 137 Å². The van der Waals surface area contributed by atoms with E-state index >= 15 is 0 Å². The molecule has 149 heavy (non-hydrogen) atoms. The molecule has 13 heterocycles. The van der Waals surface area contributed by atoms with Crippen molar-refractivity contribution >= 4 is 114 Å². The second-order valence-electron chi connectivity index (χ2n) is 41.7. The molecule has 778 valence electrons. The van der Waals surface area contributed by atoms with E-state index in [1.165, 1.54) is 44.8 Å². The van der Waals surface area contributed by atoms with Crippen molar-refractivity contribution in [1.82, 2.24) is 110 Å². The first-order chi connectivity index (χ1) is 71.5. The third-order valence-corrected chi connectivity index (χ3v) is 29.3. The number of tetrazole rings is 3. The van der Waals surface area contributed by atoms with Gasteiger partial charge in [0.1, 0.15) is 23.7 Å². The summed E-state index contributed by atoms with van der Waals surface area (Å²) < 4.78 is 11.4. The lowest BCUT2D eigenvalue weighted by Gasteiger charge is -2.41. The molecule has 5 aliphatic rings. The van der Waals surface area contributed by atoms with Crippen LogP contribution in [0.25, 0.3) is 21.8 Å². The molecule has 5 atom stereocenters. The molecule has 1 N–H and O–H groups in total. The number of nitrogens with zero attached hydrogens (tertiary/aromatic N) is 28. The van der Waals surface area contributed by atoms with Gasteiger partial charge in [0.05, 0.1) is 95.4 Å². The van der Waals surface area contributed by atoms with Crippen LogP contribution in [0.1, 0.15) is 177 Å². The highest BCUT2D eigenvalue weighted by molar-refractivity contribution is 6.39. The highest BCUT2D eigenvalue weighted by atomic mass is 35.5. The van der Waals surface area contributed by atoms with Gasteiger partial charge >= 0.3 is 5.97 Å². The first kappa shape index (κ1) is 109. The number of para-hydroxylation sites is 2. The van der Waals surface area contributed by atoms with Crippen molar-refractivity contribution in [2.45, 2.75) is 158 Å². The van der Waals surface area contributed by atoms with Gasteiger partial charge in [-0.15, -0.1) is 15.3 Å². The Balaban J connectivity index is 0.000000134. The zero-order valence-electron chi connectivity index (χ0n) is 88.0. The Kier molecular flexibility index (Phi) is 35.3. The molecule has 31 nitrogen and oxygen atoms in total. The maximum Gasteiger partial charge on any atom is 0.325 e. The van der Waals surface area contributed by atoms with Gasteiger partial charge in [0.2, 0.25) is 0 Å². The summed E-state index contributed by atoms with van der Waals surface area (Å²) in [7, 11) is 1.70. The predicted molar refractivity (Wildman–Crippen MR) is 595 cm³/mol. The second kappa shape index (κ2) is 48.3. The summed E-state index contributed by atoms with van der Waals surface area (Å²) in [6.07, 6.45) is 12.0. The van der Waals surface area contributed by atoms with Gasteiger partial charge in [0.15, 0.2) is 17.5 Å². The Morgan fingerprint density at radius 2 is 0.745 bits per heavy atom. The van der Waals surface area contributed by atoms with Crippen molar-refractivity contribution in [3.8, 4) is 11.8 Å². The number of piperazine rings is 5. The van der Waals surface area contributed by atoms with E-state index in [-0.39, 0.29) is 40.8 Å². The minimum absolute atomic E-state index is 0.0416. The second-order valence-corrected chi connectivity index (χ2v) is 43.7. The monoisotopic (exact) mass is 2100 g/mol. The van der Waals surface area contributed by atoms with Crippen LogP contribution in [0.15, 0.2) is 219 Å². The smallest absolute Gasteiger partial charge is 0.325 e. The minimum Gasteiger partial charge on any atom is -0.497 e. The van der Waals surface area contributed by atoms with Gasteiger partial charge in [0, 0.05) is 196 Å². The molecule has 0 aliphatic carbocycles. The van der Waals surface area contributed by atoms with Crippen LogP contribution in [0, 0.1) is 59.8 Å². The highest BCUT2D eigenvalue weighted by Gasteiger charge is 2.41. The van der Waals surface area contributed by atoms with Crippen molar-refractivity contribution in [2.24, 2.45) is 0 Å². The summed E-state index contributed by atoms with van der Waals surface area (Å²) in [5.41, 5.74) is 19.4. The fourth-order valence-electron chi connectivity index (χ4n) is 20.5. The lowest BCUT2D eigenvalue weighted by Crippen LogP contribution is -2.49. The molecule has 0 radical (unpaired) electrons. The average molecular weight is 2110 g/mol. The number of carboxylic acids is 1. The van der Waals surface area contributed by atoms with E-state index in [9.17, 15) is 15.2 Å². The number of fused-ring (bicyclic) bond motifs is 2. The van der Waals surface area contributed by atoms with Gasteiger partial charge in [-0.3, -0.25) is 49.2 Å². The molecule has 7 aromatic carbocycles. The fraction of sp³-hybridized carbons (Fsp3) is 0.398. The number of carbonyl (C=O) groups is 1. The number of rotatable bonds is 20. The van der Waals surface area contributed by atoms with E-state index < -0.39 is 12.0 Å². The first-order valence-electron chi connectivity index (χ1n) is 50.7. The number of benzene rings is 7. The van der Waals surface area contributed by atoms with Crippen LogP contribution in [0.5, 0.6) is 5.75 Å². The van der Waals surface area contributed by atoms with E-state index in [0.717, 1.165) is 200 Å². The number of aromatic nitrogens is 17. The molecule has 15 aromatic rings. The van der Waals surface area contributed by atoms with Gasteiger partial charge < -0.3 is 34.3 Å². The van der Waals surface area contributed by atoms with E-state index in [1.54, 1.807) is 31.9 Å². The molecule has 0 spiro atoms. The van der Waals surface area contributed by atoms with Gasteiger partial charge in [-0.2, -0.15) is 5.26 Å². The lowest BCUT2D eigenvalue weighted by molar-refractivity contribution is -0.143. The maximum atomic E-state index is 11.9. The molecule has 0 amide bonds. The largest absolute Gasteiger partial charge is 0.497 e. The maximum absolute atomic E-state index is 11.9. The lowest BCUT2D eigenvalue weighted by atomic mass is 9.98. The molecule has 5 saturated heterocycles. The van der Waals surface area contributed by atoms with Crippen LogP contribution < -0.4 is 29.2 Å². The SMILES string of the molecule is COc1cccc(C(c2nnnn2C(C)(C)C)N2CCN(c3cc(C)ccc3C)CC2)c1.Cc1ccc(C)c(N2CCN(C(c3ccnc4ccccc34)c3nnnn3C(C)(C)C)CC2)c1.Cc1cccc(C(C#N)N2CCN(c3c(Cl)cncc3Cl)CC2)c1.Cc1cccc(C(C(=O)O)N2CCN(c3c(Cl)cncc3Cl)CC2)c1.Cc1cnc(N2CCN(C(c3ccnc4ccccc34)c3nnnn3C(C)(C)C)CC2)c(Cl)c1. The van der Waals surface area contributed by atoms with Crippen LogP contribution >= 0.6 is 58.0 Å². The molecule has 5 aliphatic heterocycles. The topological polar surface area (TPSA) is 298 Å². The highest BCUT2D eigenvalue weighted by Crippen LogP contribution is 2.43. The Morgan fingerprint density at radius 3 is 1.16 bits per heavy atom. The minimum atomic E-state index is -0.834. The van der Waals surface area contributed by atoms with Crippen LogP contribution in [0.2, 0.25) is 25.1 Å². The van der Waals surface area contributed by atoms with Crippen molar-refractivity contribution < 1.29 is 14.6 Å². The number of aryl methyl sites for hydroxylation is 7. The molecule has 5 fully saturated rings. The van der Waals surface area contributed by atoms with E-state index in [0.29, 0.717) is 51.3 Å². The van der Waals surface area contributed by atoms with Crippen LogP contribution in [0.4, 0.5) is 28.6 Å². The van der Waals surface area contributed by atoms with Gasteiger partial charge in [-0.1, -0.05) is 190 Å². The summed E-state index contributed by atoms with van der Waals surface area (Å²) in [4.78, 5) is 56.8. The van der Waals surface area contributed by atoms with Gasteiger partial charge in [-0.05, 0) is 252 Å². The van der Waals surface area contributed by atoms with Crippen molar-refractivity contribution in [2.75, 3.05) is 163 Å². The summed E-state index contributed by atoms with van der Waals surface area (Å²) >= 11 is 31.5. The molecule has 36 heteroatoms. The molecular formula is C113H133Cl5N28O3. The number of nitriles is 1. The Bertz CT molecular complexity index is 7090. The van der Waals surface area contributed by atoms with Gasteiger partial charge in [-0.25, -0.2) is 19.0 Å². The molecule has 5 unspecified atom stereocenters. The number of carboxylic acid groups (broad SMARTS) is 1. The van der Waals surface area contributed by atoms with Crippen molar-refractivity contribution in [1.29, 1.82) is 5.26 Å². The predicted octanol–water partition coefficient (Wildman–Crippen LogP) is 20.4. The summed E-state index contributed by atoms with van der Waals surface area (Å²) in [6.45, 7) is 50.4. The number of hydrogen-bond acceptors (Lipinski definition) is 27. The number of anilines is 5. The zero-order valence-corrected chi connectivity index (χ0v) is 91.8. The zero-order chi connectivity index (χ0) is 106.